The first kappa shape index (κ1) is 61.3. The lowest BCUT2D eigenvalue weighted by Gasteiger charge is -2.54. The largest absolute Gasteiger partial charge is 0.420 e. The molecule has 3 atom stereocenters. The quantitative estimate of drug-likeness (QED) is 0.0964. The van der Waals surface area contributed by atoms with Gasteiger partial charge in [-0.15, -0.1) is 22.7 Å². The lowest BCUT2D eigenvalue weighted by molar-refractivity contribution is -0.138. The number of piperazine rings is 2. The predicted octanol–water partition coefficient (Wildman–Crippen LogP) is 7.25. The lowest BCUT2D eigenvalue weighted by atomic mass is 9.91. The maximum atomic E-state index is 15.7. The molecule has 2 spiro atoms. The van der Waals surface area contributed by atoms with E-state index in [0.717, 1.165) is 61.5 Å². The van der Waals surface area contributed by atoms with Crippen LogP contribution in [-0.4, -0.2) is 210 Å². The summed E-state index contributed by atoms with van der Waals surface area (Å²) >= 11 is 1.20. The summed E-state index contributed by atoms with van der Waals surface area (Å²) in [5.74, 6) is -3.40. The zero-order valence-corrected chi connectivity index (χ0v) is 53.2. The summed E-state index contributed by atoms with van der Waals surface area (Å²) in [6, 6.07) is 12.6. The average Bonchev–Trinajstić information content (AvgIpc) is 1.60. The minimum Gasteiger partial charge on any atom is -0.377 e. The molecule has 93 heavy (non-hydrogen) atoms. The standard InChI is InChI=1S/C61H62F6N12O10S4/c1-75-10-11-77(27-59(75)30-89-31-59)34-5-7-44(72-57-69-19-41(60(62,63)64)50(73-57)45-17-47-52(90-45)54(80)78(35-22-86-23-35)12-13-92(47,82)83)39(15-34)38-16-40(38)49-21-79(36-24-87-25-36)55(81)53-48(93(49,84)85)18-46(91-53)51-42(61(65,66)67)20-68-56(74-51)71-43-6-4-33(14-37(43)32-2-3-32)76-9-8-70-58(26-76)28-88-29-58/h4-7,14-15,17-20,32,35-36,38,40,49,70H,2-3,8-13,16,21-31H2,1H3,(H,68,71,74)(H,69,72,73). The van der Waals surface area contributed by atoms with E-state index in [1.54, 1.807) is 6.07 Å². The molecule has 8 aliphatic heterocycles. The number of ether oxygens (including phenoxy) is 4. The summed E-state index contributed by atoms with van der Waals surface area (Å²) in [4.78, 5) is 53.8. The van der Waals surface area contributed by atoms with Gasteiger partial charge in [-0.25, -0.2) is 36.8 Å². The van der Waals surface area contributed by atoms with Crippen molar-refractivity contribution in [2.24, 2.45) is 5.92 Å². The van der Waals surface area contributed by atoms with E-state index >= 15 is 34.8 Å². The second-order valence-corrected chi connectivity index (χ2v) is 32.3. The van der Waals surface area contributed by atoms with E-state index in [2.05, 4.69) is 56.7 Å². The van der Waals surface area contributed by atoms with Gasteiger partial charge in [0, 0.05) is 87.5 Å². The van der Waals surface area contributed by atoms with Crippen LogP contribution in [0.5, 0.6) is 0 Å². The molecule has 6 saturated heterocycles. The van der Waals surface area contributed by atoms with Crippen LogP contribution < -0.4 is 25.8 Å². The summed E-state index contributed by atoms with van der Waals surface area (Å²) in [5.41, 5.74) is -0.0234. The Morgan fingerprint density at radius 2 is 1.22 bits per heavy atom. The minimum atomic E-state index is -5.04. The molecule has 3 N–H and O–H groups in total. The highest BCUT2D eigenvalue weighted by Gasteiger charge is 2.56. The smallest absolute Gasteiger partial charge is 0.377 e. The lowest BCUT2D eigenvalue weighted by Crippen LogP contribution is -2.70. The first-order chi connectivity index (χ1) is 44.4. The normalized spacial score (nSPS) is 25.1. The Morgan fingerprint density at radius 3 is 1.77 bits per heavy atom. The molecule has 22 nitrogen and oxygen atoms in total. The van der Waals surface area contributed by atoms with E-state index in [0.29, 0.717) is 98.1 Å². The Balaban J connectivity index is 0.743. The van der Waals surface area contributed by atoms with Crippen molar-refractivity contribution in [2.75, 3.05) is 138 Å². The van der Waals surface area contributed by atoms with Crippen molar-refractivity contribution in [1.29, 1.82) is 0 Å². The highest BCUT2D eigenvalue weighted by atomic mass is 32.2. The van der Waals surface area contributed by atoms with Gasteiger partial charge in [0.15, 0.2) is 19.7 Å². The number of hydrogen-bond acceptors (Lipinski definition) is 22. The van der Waals surface area contributed by atoms with Crippen molar-refractivity contribution < 1.29 is 71.7 Å². The molecule has 0 radical (unpaired) electrons. The van der Waals surface area contributed by atoms with Crippen molar-refractivity contribution in [1.82, 2.24) is 40.0 Å². The first-order valence-electron chi connectivity index (χ1n) is 30.8. The number of sulfone groups is 2. The fraction of sp³-hybridized carbons (Fsp3) is 0.508. The Kier molecular flexibility index (Phi) is 14.6. The molecule has 0 bridgehead atoms. The van der Waals surface area contributed by atoms with Crippen molar-refractivity contribution in [2.45, 2.75) is 81.7 Å². The molecule has 492 valence electrons. The monoisotopic (exact) mass is 1360 g/mol. The van der Waals surface area contributed by atoms with Crippen LogP contribution in [0.3, 0.4) is 0 Å². The number of fused-ring (bicyclic) bond motifs is 2. The Morgan fingerprint density at radius 1 is 0.656 bits per heavy atom. The number of nitrogens with zero attached hydrogens (tertiary/aromatic N) is 9. The van der Waals surface area contributed by atoms with E-state index in [1.807, 2.05) is 31.3 Å². The number of halogens is 6. The van der Waals surface area contributed by atoms with Gasteiger partial charge in [0.1, 0.15) is 20.9 Å². The third-order valence-electron chi connectivity index (χ3n) is 20.0. The van der Waals surface area contributed by atoms with Crippen LogP contribution in [0.2, 0.25) is 0 Å². The number of aromatic nitrogens is 4. The number of carbonyl (C=O) groups is 2. The number of thiophene rings is 2. The van der Waals surface area contributed by atoms with Crippen LogP contribution in [0.1, 0.15) is 72.7 Å². The summed E-state index contributed by atoms with van der Waals surface area (Å²) < 4.78 is 172. The van der Waals surface area contributed by atoms with Gasteiger partial charge in [0.05, 0.1) is 118 Å². The SMILES string of the molecule is CN1CCN(c2ccc(Nc3ncc(C(F)(F)F)c(-c4cc5c(s4)C(=O)N(C4COC4)CCS5(=O)=O)n3)c(C3CC3C3CN(C4COC4)C(=O)c4sc(-c5nc(Nc6ccc(N7CCNC8(COC8)C7)cc6C6CC6)ncc5C(F)(F)F)cc4S3(=O)=O)c2)CC12COC2. The first-order valence-corrected chi connectivity index (χ1v) is 35.6. The van der Waals surface area contributed by atoms with Gasteiger partial charge in [0.25, 0.3) is 11.8 Å². The van der Waals surface area contributed by atoms with Gasteiger partial charge < -0.3 is 54.5 Å². The van der Waals surface area contributed by atoms with Crippen LogP contribution in [0.4, 0.5) is 61.0 Å². The number of alkyl halides is 6. The number of hydrogen-bond donors (Lipinski definition) is 3. The number of amides is 2. The van der Waals surface area contributed by atoms with Crippen molar-refractivity contribution >= 4 is 88.8 Å². The van der Waals surface area contributed by atoms with Crippen LogP contribution in [0.25, 0.3) is 21.1 Å². The number of benzene rings is 2. The van der Waals surface area contributed by atoms with Crippen molar-refractivity contribution in [3.8, 4) is 21.1 Å². The molecule has 4 aromatic heterocycles. The van der Waals surface area contributed by atoms with E-state index in [1.165, 1.54) is 9.80 Å². The van der Waals surface area contributed by atoms with Crippen LogP contribution in [-0.2, 0) is 51.0 Å². The molecule has 6 aromatic rings. The fourth-order valence-electron chi connectivity index (χ4n) is 14.1. The van der Waals surface area contributed by atoms with Crippen molar-refractivity contribution in [3.63, 3.8) is 0 Å². The molecule has 2 aromatic carbocycles. The van der Waals surface area contributed by atoms with Crippen LogP contribution in [0.15, 0.2) is 70.7 Å². The molecule has 10 aliphatic rings. The van der Waals surface area contributed by atoms with E-state index < -0.39 is 111 Å². The molecule has 3 unspecified atom stereocenters. The Labute approximate surface area is 537 Å². The summed E-state index contributed by atoms with van der Waals surface area (Å²) in [6.45, 7) is 6.52. The molecule has 2 amide bonds. The minimum absolute atomic E-state index is 0.0888. The molecule has 8 fully saturated rings. The van der Waals surface area contributed by atoms with Gasteiger partial charge in [-0.2, -0.15) is 26.3 Å². The van der Waals surface area contributed by atoms with Crippen LogP contribution in [0, 0.1) is 5.92 Å². The Hall–Kier alpha value is -6.62. The van der Waals surface area contributed by atoms with E-state index in [4.69, 9.17) is 18.9 Å². The number of anilines is 6. The third kappa shape index (κ3) is 10.8. The molecule has 2 aliphatic carbocycles. The van der Waals surface area contributed by atoms with Gasteiger partial charge >= 0.3 is 12.4 Å². The van der Waals surface area contributed by atoms with Gasteiger partial charge in [-0.1, -0.05) is 0 Å². The average molecular weight is 1370 g/mol. The maximum Gasteiger partial charge on any atom is 0.420 e. The second kappa shape index (κ2) is 22.2. The molecular formula is C61H62F6N12O10S4. The number of nitrogens with one attached hydrogen (secondary N) is 3. The zero-order valence-electron chi connectivity index (χ0n) is 49.9. The molecule has 32 heteroatoms. The van der Waals surface area contributed by atoms with E-state index in [9.17, 15) is 18.0 Å². The van der Waals surface area contributed by atoms with Gasteiger partial charge in [-0.05, 0) is 104 Å². The third-order valence-corrected chi connectivity index (χ3v) is 26.5. The Bertz CT molecular complexity index is 4290. The number of rotatable bonds is 13. The zero-order chi connectivity index (χ0) is 64.3. The van der Waals surface area contributed by atoms with E-state index in [-0.39, 0.29) is 94.3 Å². The molecule has 12 heterocycles. The molecule has 2 saturated carbocycles. The highest BCUT2D eigenvalue weighted by Crippen LogP contribution is 2.57. The van der Waals surface area contributed by atoms with Crippen LogP contribution >= 0.6 is 22.7 Å². The maximum absolute atomic E-state index is 15.7. The molecular weight excluding hydrogens is 1300 g/mol. The van der Waals surface area contributed by atoms with Gasteiger partial charge in [0.2, 0.25) is 11.9 Å². The summed E-state index contributed by atoms with van der Waals surface area (Å²) in [6.07, 6.45) is -6.73. The highest BCUT2D eigenvalue weighted by molar-refractivity contribution is 7.92. The predicted molar refractivity (Wildman–Crippen MR) is 329 cm³/mol. The second-order valence-electron chi connectivity index (χ2n) is 26.0. The summed E-state index contributed by atoms with van der Waals surface area (Å²) in [7, 11) is -6.72. The topological polar surface area (TPSA) is 243 Å². The van der Waals surface area contributed by atoms with Crippen molar-refractivity contribution in [3.05, 3.63) is 92.9 Å². The number of likely N-dealkylation sites (N-methyl/N-ethyl adjacent to an activating group) is 1. The summed E-state index contributed by atoms with van der Waals surface area (Å²) in [5, 5.41) is 8.57. The van der Waals surface area contributed by atoms with Gasteiger partial charge in [-0.3, -0.25) is 14.5 Å². The fourth-order valence-corrected chi connectivity index (χ4v) is 20.6. The molecule has 16 rings (SSSR count). The number of carbonyl (C=O) groups excluding carboxylic acids is 2.